The highest BCUT2D eigenvalue weighted by Gasteiger charge is 2.24. The molecule has 1 N–H and O–H groups in total. The third-order valence-corrected chi connectivity index (χ3v) is 16.8. The predicted octanol–water partition coefficient (Wildman–Crippen LogP) is 17.9. The molecular formula is C55H99N2O3PS2. The number of rotatable bonds is 46. The van der Waals surface area contributed by atoms with Gasteiger partial charge in [0, 0.05) is 36.1 Å². The number of quaternary nitrogens is 1. The molecule has 0 heterocycles. The standard InChI is InChI=1S/C55H99N2O3PS2/c1-6-8-10-12-14-20-32-42-54(62-50-52-38-28-26-29-39-52)44-34-22-16-18-24-36-48-59-61(58,56-46-47-57(3,4)5)60-49-37-25-19-17-23-35-45-55(43-33-21-15-13-11-9-7-2)63-51-53-40-30-27-31-41-53/h26-31,38-41,54-55H,3,6-25,32-37,42-51H2,1-2,4-5H3,(H,56,58). The minimum Gasteiger partial charge on any atom is -0.461 e. The van der Waals surface area contributed by atoms with Gasteiger partial charge < -0.3 is 4.48 Å². The van der Waals surface area contributed by atoms with E-state index in [1.54, 1.807) is 0 Å². The van der Waals surface area contributed by atoms with Gasteiger partial charge >= 0.3 is 7.75 Å². The van der Waals surface area contributed by atoms with Crippen LogP contribution in [-0.4, -0.2) is 55.4 Å². The van der Waals surface area contributed by atoms with Gasteiger partial charge in [-0.3, -0.25) is 9.05 Å². The summed E-state index contributed by atoms with van der Waals surface area (Å²) < 4.78 is 26.4. The van der Waals surface area contributed by atoms with Gasteiger partial charge in [0.25, 0.3) is 0 Å². The van der Waals surface area contributed by atoms with Crippen LogP contribution in [0.5, 0.6) is 0 Å². The van der Waals surface area contributed by atoms with Crippen LogP contribution < -0.4 is 5.09 Å². The maximum Gasteiger partial charge on any atom is 0.405 e. The summed E-state index contributed by atoms with van der Waals surface area (Å²) in [5, 5.41) is 4.70. The number of likely N-dealkylation sites (N-methyl/N-ethyl adjacent to an activating group) is 1. The van der Waals surface area contributed by atoms with Gasteiger partial charge in [0.05, 0.1) is 26.3 Å². The van der Waals surface area contributed by atoms with Crippen molar-refractivity contribution in [3.63, 3.8) is 0 Å². The summed E-state index contributed by atoms with van der Waals surface area (Å²) in [7, 11) is 4.92. The van der Waals surface area contributed by atoms with Crippen molar-refractivity contribution in [1.29, 1.82) is 0 Å². The van der Waals surface area contributed by atoms with Crippen LogP contribution in [0.1, 0.15) is 218 Å². The van der Waals surface area contributed by atoms with Gasteiger partial charge in [0.15, 0.2) is 0 Å². The van der Waals surface area contributed by atoms with Crippen molar-refractivity contribution < 1.29 is 18.1 Å². The van der Waals surface area contributed by atoms with Crippen molar-refractivity contribution in [3.8, 4) is 0 Å². The Balaban J connectivity index is 1.63. The van der Waals surface area contributed by atoms with Crippen LogP contribution in [0.15, 0.2) is 60.7 Å². The molecule has 0 saturated heterocycles. The zero-order chi connectivity index (χ0) is 45.4. The molecule has 0 bridgehead atoms. The smallest absolute Gasteiger partial charge is 0.405 e. The van der Waals surface area contributed by atoms with Crippen LogP contribution in [0.2, 0.25) is 0 Å². The normalized spacial score (nSPS) is 13.9. The number of nitrogens with one attached hydrogen (secondary N) is 1. The minimum atomic E-state index is -3.35. The highest BCUT2D eigenvalue weighted by Crippen LogP contribution is 2.44. The van der Waals surface area contributed by atoms with Gasteiger partial charge in [-0.25, -0.2) is 9.65 Å². The molecule has 63 heavy (non-hydrogen) atoms. The molecule has 0 aliphatic rings. The summed E-state index contributed by atoms with van der Waals surface area (Å²) in [6.07, 6.45) is 39.1. The summed E-state index contributed by atoms with van der Waals surface area (Å²) in [4.78, 5) is 0. The molecule has 0 fully saturated rings. The first kappa shape index (κ1) is 58.3. The average molecular weight is 932 g/mol. The maximum absolute atomic E-state index is 13.8. The van der Waals surface area contributed by atoms with Crippen LogP contribution in [0.25, 0.3) is 0 Å². The second-order valence-corrected chi connectivity index (χ2v) is 23.6. The molecule has 0 spiro atoms. The zero-order valence-corrected chi connectivity index (χ0v) is 44.1. The molecule has 5 nitrogen and oxygen atoms in total. The van der Waals surface area contributed by atoms with E-state index in [1.807, 2.05) is 0 Å². The second kappa shape index (κ2) is 40.3. The molecule has 8 heteroatoms. The molecule has 2 aromatic carbocycles. The Hall–Kier alpha value is -0.790. The van der Waals surface area contributed by atoms with Gasteiger partial charge in [0.2, 0.25) is 0 Å². The predicted molar refractivity (Wildman–Crippen MR) is 283 cm³/mol. The van der Waals surface area contributed by atoms with Crippen LogP contribution in [-0.2, 0) is 25.1 Å². The molecule has 2 rings (SSSR count). The van der Waals surface area contributed by atoms with Crippen LogP contribution >= 0.6 is 31.3 Å². The third-order valence-electron chi connectivity index (χ3n) is 12.3. The first-order chi connectivity index (χ1) is 30.7. The van der Waals surface area contributed by atoms with E-state index < -0.39 is 7.75 Å². The topological polar surface area (TPSA) is 47.6 Å². The SMILES string of the molecule is [CH2-][N+](C)(C)CCNP(=O)(OCCCCCCCCC(CCCCCCCCC)SCc1ccccc1)OCCCCCCCCC(CCCCCCCCC)SCc1ccccc1. The van der Waals surface area contributed by atoms with Crippen molar-refractivity contribution in [2.75, 3.05) is 40.4 Å². The van der Waals surface area contributed by atoms with E-state index in [0.717, 1.165) is 54.2 Å². The molecule has 2 aromatic rings. The molecule has 0 aromatic heterocycles. The van der Waals surface area contributed by atoms with Gasteiger partial charge in [-0.2, -0.15) is 23.5 Å². The summed E-state index contributed by atoms with van der Waals surface area (Å²) >= 11 is 4.36. The minimum absolute atomic E-state index is 0.479. The Kier molecular flexibility index (Phi) is 37.3. The average Bonchev–Trinajstić information content (AvgIpc) is 3.27. The van der Waals surface area contributed by atoms with E-state index in [4.69, 9.17) is 9.05 Å². The molecule has 2 atom stereocenters. The van der Waals surface area contributed by atoms with Crippen molar-refractivity contribution in [2.24, 2.45) is 0 Å². The largest absolute Gasteiger partial charge is 0.461 e. The first-order valence-corrected chi connectivity index (χ1v) is 30.0. The Morgan fingerprint density at radius 3 is 1.16 bits per heavy atom. The summed E-state index contributed by atoms with van der Waals surface area (Å²) in [6, 6.07) is 22.0. The molecule has 0 saturated carbocycles. The Labute approximate surface area is 400 Å². The van der Waals surface area contributed by atoms with E-state index in [9.17, 15) is 4.57 Å². The number of thioether (sulfide) groups is 2. The van der Waals surface area contributed by atoms with Gasteiger partial charge in [-0.05, 0) is 49.7 Å². The quantitative estimate of drug-likeness (QED) is 0.0309. The van der Waals surface area contributed by atoms with Gasteiger partial charge in [-0.15, -0.1) is 7.05 Å². The summed E-state index contributed by atoms with van der Waals surface area (Å²) in [6.45, 7) is 6.87. The Morgan fingerprint density at radius 2 is 0.825 bits per heavy atom. The fourth-order valence-electron chi connectivity index (χ4n) is 8.21. The molecule has 0 radical (unpaired) electrons. The highest BCUT2D eigenvalue weighted by atomic mass is 32.2. The number of benzene rings is 2. The third kappa shape index (κ3) is 36.0. The van der Waals surface area contributed by atoms with Crippen molar-refractivity contribution >= 4 is 31.3 Å². The van der Waals surface area contributed by atoms with Gasteiger partial charge in [-0.1, -0.05) is 229 Å². The molecule has 2 unspecified atom stereocenters. The first-order valence-electron chi connectivity index (χ1n) is 26.4. The van der Waals surface area contributed by atoms with E-state index in [1.165, 1.54) is 178 Å². The molecular weight excluding hydrogens is 832 g/mol. The van der Waals surface area contributed by atoms with Gasteiger partial charge in [0.1, 0.15) is 0 Å². The number of hydrogen-bond donors (Lipinski definition) is 1. The highest BCUT2D eigenvalue weighted by molar-refractivity contribution is 7.99. The van der Waals surface area contributed by atoms with E-state index in [0.29, 0.717) is 24.2 Å². The molecule has 0 amide bonds. The molecule has 0 aliphatic heterocycles. The maximum atomic E-state index is 13.8. The van der Waals surface area contributed by atoms with Crippen molar-refractivity contribution in [1.82, 2.24) is 5.09 Å². The number of nitrogens with zero attached hydrogens (tertiary/aromatic N) is 1. The molecule has 364 valence electrons. The van der Waals surface area contributed by atoms with Crippen LogP contribution in [0, 0.1) is 7.05 Å². The van der Waals surface area contributed by atoms with Crippen LogP contribution in [0.3, 0.4) is 0 Å². The lowest BCUT2D eigenvalue weighted by Crippen LogP contribution is -2.38. The van der Waals surface area contributed by atoms with Crippen LogP contribution in [0.4, 0.5) is 0 Å². The summed E-state index contributed by atoms with van der Waals surface area (Å²) in [5.74, 6) is 2.26. The van der Waals surface area contributed by atoms with E-state index in [2.05, 4.69) is 124 Å². The molecule has 0 aliphatic carbocycles. The van der Waals surface area contributed by atoms with E-state index >= 15 is 0 Å². The zero-order valence-electron chi connectivity index (χ0n) is 41.5. The lowest BCUT2D eigenvalue weighted by molar-refractivity contribution is -0.844. The second-order valence-electron chi connectivity index (χ2n) is 19.2. The fourth-order valence-corrected chi connectivity index (χ4v) is 12.2. The lowest BCUT2D eigenvalue weighted by atomic mass is 10.0. The monoisotopic (exact) mass is 931 g/mol. The summed E-state index contributed by atoms with van der Waals surface area (Å²) in [5.41, 5.74) is 2.90. The lowest BCUT2D eigenvalue weighted by Gasteiger charge is -2.33. The number of unbranched alkanes of at least 4 members (excludes halogenated alkanes) is 22. The number of hydrogen-bond acceptors (Lipinski definition) is 5. The van der Waals surface area contributed by atoms with Crippen molar-refractivity contribution in [3.05, 3.63) is 78.8 Å². The van der Waals surface area contributed by atoms with E-state index in [-0.39, 0.29) is 0 Å². The Morgan fingerprint density at radius 1 is 0.508 bits per heavy atom. The fraction of sp³-hybridized carbons (Fsp3) is 0.764. The Bertz CT molecular complexity index is 1230. The van der Waals surface area contributed by atoms with Crippen molar-refractivity contribution in [2.45, 2.75) is 228 Å².